The van der Waals surface area contributed by atoms with Gasteiger partial charge in [0.25, 0.3) is 0 Å². The van der Waals surface area contributed by atoms with Crippen molar-refractivity contribution in [2.75, 3.05) is 5.73 Å². The third-order valence-corrected chi connectivity index (χ3v) is 3.55. The van der Waals surface area contributed by atoms with Crippen molar-refractivity contribution in [2.24, 2.45) is 0 Å². The molecule has 0 amide bonds. The van der Waals surface area contributed by atoms with E-state index in [4.69, 9.17) is 5.73 Å². The zero-order chi connectivity index (χ0) is 13.4. The fraction of sp³-hybridized carbons (Fsp3) is 0.600. The summed E-state index contributed by atoms with van der Waals surface area (Å²) in [5.41, 5.74) is 8.41. The molecule has 0 spiro atoms. The molecule has 1 rings (SSSR count). The van der Waals surface area contributed by atoms with Gasteiger partial charge in [-0.2, -0.15) is 0 Å². The SMILES string of the molecule is CCC(C)(C)c1cc(N)cc(C(C)(C)C)c1O. The van der Waals surface area contributed by atoms with Crippen molar-refractivity contribution in [1.29, 1.82) is 0 Å². The molecule has 3 N–H and O–H groups in total. The lowest BCUT2D eigenvalue weighted by molar-refractivity contribution is 0.410. The Morgan fingerprint density at radius 1 is 1.06 bits per heavy atom. The average molecular weight is 235 g/mol. The fourth-order valence-electron chi connectivity index (χ4n) is 1.93. The van der Waals surface area contributed by atoms with E-state index in [-0.39, 0.29) is 10.8 Å². The third kappa shape index (κ3) is 2.74. The van der Waals surface area contributed by atoms with Crippen LogP contribution in [-0.2, 0) is 10.8 Å². The molecular weight excluding hydrogens is 210 g/mol. The lowest BCUT2D eigenvalue weighted by Gasteiger charge is -2.29. The normalized spacial score (nSPS) is 12.8. The molecule has 2 heteroatoms. The van der Waals surface area contributed by atoms with Gasteiger partial charge in [0.15, 0.2) is 0 Å². The van der Waals surface area contributed by atoms with Gasteiger partial charge in [0.1, 0.15) is 5.75 Å². The molecular formula is C15H25NO. The van der Waals surface area contributed by atoms with Crippen molar-refractivity contribution in [2.45, 2.75) is 58.8 Å². The molecule has 0 aliphatic heterocycles. The van der Waals surface area contributed by atoms with Crippen molar-refractivity contribution < 1.29 is 5.11 Å². The summed E-state index contributed by atoms with van der Waals surface area (Å²) in [6, 6.07) is 3.78. The molecule has 17 heavy (non-hydrogen) atoms. The number of hydrogen-bond donors (Lipinski definition) is 2. The van der Waals surface area contributed by atoms with E-state index < -0.39 is 0 Å². The minimum atomic E-state index is -0.0992. The van der Waals surface area contributed by atoms with Crippen LogP contribution in [0.1, 0.15) is 59.1 Å². The zero-order valence-electron chi connectivity index (χ0n) is 11.9. The van der Waals surface area contributed by atoms with Gasteiger partial charge in [-0.05, 0) is 29.4 Å². The summed E-state index contributed by atoms with van der Waals surface area (Å²) < 4.78 is 0. The van der Waals surface area contributed by atoms with Gasteiger partial charge < -0.3 is 10.8 Å². The number of nitrogen functional groups attached to an aromatic ring is 1. The van der Waals surface area contributed by atoms with Gasteiger partial charge in [-0.1, -0.05) is 41.5 Å². The zero-order valence-corrected chi connectivity index (χ0v) is 11.9. The largest absolute Gasteiger partial charge is 0.507 e. The topological polar surface area (TPSA) is 46.2 Å². The van der Waals surface area contributed by atoms with Gasteiger partial charge in [-0.3, -0.25) is 0 Å². The van der Waals surface area contributed by atoms with Crippen LogP contribution in [0.2, 0.25) is 0 Å². The summed E-state index contributed by atoms with van der Waals surface area (Å²) in [4.78, 5) is 0. The first-order chi connectivity index (χ1) is 7.59. The Morgan fingerprint density at radius 2 is 1.53 bits per heavy atom. The highest BCUT2D eigenvalue weighted by atomic mass is 16.3. The van der Waals surface area contributed by atoms with Crippen LogP contribution in [0.25, 0.3) is 0 Å². The summed E-state index contributed by atoms with van der Waals surface area (Å²) in [6.45, 7) is 12.7. The van der Waals surface area contributed by atoms with E-state index in [9.17, 15) is 5.11 Å². The molecule has 0 aromatic heterocycles. The first-order valence-electron chi connectivity index (χ1n) is 6.23. The molecule has 1 aromatic carbocycles. The second-order valence-electron chi connectivity index (χ2n) is 6.45. The molecule has 2 nitrogen and oxygen atoms in total. The summed E-state index contributed by atoms with van der Waals surface area (Å²) in [5, 5.41) is 10.5. The monoisotopic (exact) mass is 235 g/mol. The van der Waals surface area contributed by atoms with Crippen LogP contribution in [0.15, 0.2) is 12.1 Å². The second-order valence-corrected chi connectivity index (χ2v) is 6.45. The minimum Gasteiger partial charge on any atom is -0.507 e. The standard InChI is InChI=1S/C15H25NO/c1-7-15(5,6)12-9-10(16)8-11(13(12)17)14(2,3)4/h8-9,17H,7,16H2,1-6H3. The molecule has 0 atom stereocenters. The maximum absolute atomic E-state index is 10.5. The van der Waals surface area contributed by atoms with Crippen molar-refractivity contribution in [3.8, 4) is 5.75 Å². The Bertz CT molecular complexity index is 414. The van der Waals surface area contributed by atoms with Crippen molar-refractivity contribution in [3.63, 3.8) is 0 Å². The summed E-state index contributed by atoms with van der Waals surface area (Å²) in [5.74, 6) is 0.401. The predicted octanol–water partition coefficient (Wildman–Crippen LogP) is 3.96. The molecule has 0 saturated heterocycles. The highest BCUT2D eigenvalue weighted by Gasteiger charge is 2.27. The predicted molar refractivity (Wildman–Crippen MR) is 74.5 cm³/mol. The molecule has 1 aromatic rings. The van der Waals surface area contributed by atoms with Crippen LogP contribution >= 0.6 is 0 Å². The van der Waals surface area contributed by atoms with E-state index in [0.717, 1.165) is 23.2 Å². The van der Waals surface area contributed by atoms with E-state index in [1.807, 2.05) is 12.1 Å². The first-order valence-corrected chi connectivity index (χ1v) is 6.23. The van der Waals surface area contributed by atoms with Crippen LogP contribution in [0.3, 0.4) is 0 Å². The van der Waals surface area contributed by atoms with Gasteiger partial charge >= 0.3 is 0 Å². The number of hydrogen-bond acceptors (Lipinski definition) is 2. The van der Waals surface area contributed by atoms with Gasteiger partial charge in [0, 0.05) is 16.8 Å². The molecule has 0 heterocycles. The van der Waals surface area contributed by atoms with Crippen LogP contribution < -0.4 is 5.73 Å². The highest BCUT2D eigenvalue weighted by molar-refractivity contribution is 5.57. The molecule has 0 radical (unpaired) electrons. The fourth-order valence-corrected chi connectivity index (χ4v) is 1.93. The Morgan fingerprint density at radius 3 is 1.94 bits per heavy atom. The summed E-state index contributed by atoms with van der Waals surface area (Å²) in [6.07, 6.45) is 0.966. The van der Waals surface area contributed by atoms with Gasteiger partial charge in [-0.25, -0.2) is 0 Å². The number of phenols is 1. The Hall–Kier alpha value is -1.18. The highest BCUT2D eigenvalue weighted by Crippen LogP contribution is 2.41. The van der Waals surface area contributed by atoms with Gasteiger partial charge in [-0.15, -0.1) is 0 Å². The molecule has 96 valence electrons. The van der Waals surface area contributed by atoms with E-state index >= 15 is 0 Å². The molecule has 0 saturated carbocycles. The Balaban J connectivity index is 3.50. The first kappa shape index (κ1) is 13.9. The number of anilines is 1. The maximum atomic E-state index is 10.5. The summed E-state index contributed by atoms with van der Waals surface area (Å²) >= 11 is 0. The van der Waals surface area contributed by atoms with Crippen molar-refractivity contribution in [1.82, 2.24) is 0 Å². The van der Waals surface area contributed by atoms with Crippen LogP contribution in [0, 0.1) is 0 Å². The lowest BCUT2D eigenvalue weighted by atomic mass is 9.77. The quantitative estimate of drug-likeness (QED) is 0.602. The van der Waals surface area contributed by atoms with Gasteiger partial charge in [0.2, 0.25) is 0 Å². The van der Waals surface area contributed by atoms with Crippen LogP contribution in [-0.4, -0.2) is 5.11 Å². The molecule has 0 unspecified atom stereocenters. The van der Waals surface area contributed by atoms with Gasteiger partial charge in [0.05, 0.1) is 0 Å². The smallest absolute Gasteiger partial charge is 0.123 e. The van der Waals surface area contributed by atoms with E-state index in [1.165, 1.54) is 0 Å². The second kappa shape index (κ2) is 4.25. The third-order valence-electron chi connectivity index (χ3n) is 3.55. The number of nitrogens with two attached hydrogens (primary N) is 1. The number of aromatic hydroxyl groups is 1. The summed E-state index contributed by atoms with van der Waals surface area (Å²) in [7, 11) is 0. The van der Waals surface area contributed by atoms with Crippen molar-refractivity contribution >= 4 is 5.69 Å². The maximum Gasteiger partial charge on any atom is 0.123 e. The van der Waals surface area contributed by atoms with E-state index in [1.54, 1.807) is 0 Å². The van der Waals surface area contributed by atoms with Crippen LogP contribution in [0.5, 0.6) is 5.75 Å². The number of rotatable bonds is 2. The minimum absolute atomic E-state index is 0.0561. The molecule has 0 aliphatic rings. The lowest BCUT2D eigenvalue weighted by Crippen LogP contribution is -2.19. The Labute approximate surface area is 105 Å². The molecule has 0 aliphatic carbocycles. The van der Waals surface area contributed by atoms with E-state index in [2.05, 4.69) is 41.5 Å². The average Bonchev–Trinajstić information content (AvgIpc) is 2.19. The molecule has 0 fully saturated rings. The van der Waals surface area contributed by atoms with E-state index in [0.29, 0.717) is 5.75 Å². The number of benzene rings is 1. The Kier molecular flexibility index (Phi) is 3.47. The van der Waals surface area contributed by atoms with Crippen molar-refractivity contribution in [3.05, 3.63) is 23.3 Å². The van der Waals surface area contributed by atoms with Crippen LogP contribution in [0.4, 0.5) is 5.69 Å². The molecule has 0 bridgehead atoms. The number of phenolic OH excluding ortho intramolecular Hbond substituents is 1.